The number of thiophene rings is 1. The first-order valence-electron chi connectivity index (χ1n) is 9.90. The molecule has 5 aromatic rings. The number of nitrogens with two attached hydrogens (primary N) is 1. The summed E-state index contributed by atoms with van der Waals surface area (Å²) in [6.45, 7) is 2.01. The molecule has 0 atom stereocenters. The molecule has 0 fully saturated rings. The highest BCUT2D eigenvalue weighted by Gasteiger charge is 2.15. The van der Waals surface area contributed by atoms with E-state index in [1.165, 1.54) is 12.1 Å². The molecule has 3 aromatic heterocycles. The van der Waals surface area contributed by atoms with Crippen LogP contribution in [0.4, 0.5) is 5.82 Å². The van der Waals surface area contributed by atoms with Crippen molar-refractivity contribution in [2.45, 2.75) is 6.92 Å². The number of aryl methyl sites for hydroxylation is 1. The zero-order chi connectivity index (χ0) is 24.0. The fourth-order valence-corrected chi connectivity index (χ4v) is 4.67. The van der Waals surface area contributed by atoms with Gasteiger partial charge in [0.05, 0.1) is 26.9 Å². The predicted molar refractivity (Wildman–Crippen MR) is 135 cm³/mol. The van der Waals surface area contributed by atoms with Crippen LogP contribution in [0.3, 0.4) is 0 Å². The van der Waals surface area contributed by atoms with Gasteiger partial charge < -0.3 is 10.5 Å². The molecule has 3 heterocycles. The lowest BCUT2D eigenvalue weighted by molar-refractivity contribution is 0.483. The highest BCUT2D eigenvalue weighted by atomic mass is 35.5. The normalized spacial score (nSPS) is 11.1. The van der Waals surface area contributed by atoms with Crippen LogP contribution in [0.5, 0.6) is 11.5 Å². The largest absolute Gasteiger partial charge is 0.454 e. The van der Waals surface area contributed by atoms with E-state index in [-0.39, 0.29) is 27.3 Å². The van der Waals surface area contributed by atoms with Crippen molar-refractivity contribution in [2.24, 2.45) is 0 Å². The molecule has 0 unspecified atom stereocenters. The SMILES string of the molecule is Cc1cc(-c2ccsc2)nc2ccc(Oc3c(Cl)cc(-n4nc(N)c(=O)[nH]c4=O)cc3Cl)cc12. The summed E-state index contributed by atoms with van der Waals surface area (Å²) >= 11 is 14.5. The van der Waals surface area contributed by atoms with E-state index in [1.54, 1.807) is 17.4 Å². The lowest BCUT2D eigenvalue weighted by Gasteiger charge is -2.13. The average Bonchev–Trinajstić information content (AvgIpc) is 3.34. The fourth-order valence-electron chi connectivity index (χ4n) is 3.47. The zero-order valence-electron chi connectivity index (χ0n) is 17.5. The van der Waals surface area contributed by atoms with Gasteiger partial charge in [-0.15, -0.1) is 5.10 Å². The summed E-state index contributed by atoms with van der Waals surface area (Å²) in [6, 6.07) is 12.5. The summed E-state index contributed by atoms with van der Waals surface area (Å²) in [6.07, 6.45) is 0. The van der Waals surface area contributed by atoms with Crippen LogP contribution in [-0.2, 0) is 0 Å². The maximum atomic E-state index is 12.1. The van der Waals surface area contributed by atoms with Crippen molar-refractivity contribution in [1.29, 1.82) is 0 Å². The Morgan fingerprint density at radius 3 is 2.56 bits per heavy atom. The summed E-state index contributed by atoms with van der Waals surface area (Å²) in [5, 5.41) is 9.07. The van der Waals surface area contributed by atoms with Crippen molar-refractivity contribution < 1.29 is 4.74 Å². The second-order valence-corrected chi connectivity index (χ2v) is 9.01. The number of rotatable bonds is 4. The molecule has 0 aliphatic rings. The van der Waals surface area contributed by atoms with Crippen LogP contribution < -0.4 is 21.7 Å². The van der Waals surface area contributed by atoms with Gasteiger partial charge in [0.2, 0.25) is 5.82 Å². The summed E-state index contributed by atoms with van der Waals surface area (Å²) in [5.41, 5.74) is 8.05. The van der Waals surface area contributed by atoms with Crippen molar-refractivity contribution in [3.05, 3.63) is 89.7 Å². The van der Waals surface area contributed by atoms with E-state index in [2.05, 4.69) is 15.5 Å². The molecule has 0 aliphatic carbocycles. The lowest BCUT2D eigenvalue weighted by Crippen LogP contribution is -2.33. The van der Waals surface area contributed by atoms with E-state index >= 15 is 0 Å². The summed E-state index contributed by atoms with van der Waals surface area (Å²) < 4.78 is 6.89. The third kappa shape index (κ3) is 4.05. The topological polar surface area (TPSA) is 116 Å². The van der Waals surface area contributed by atoms with Crippen molar-refractivity contribution in [1.82, 2.24) is 19.7 Å². The maximum Gasteiger partial charge on any atom is 0.349 e. The maximum absolute atomic E-state index is 12.1. The van der Waals surface area contributed by atoms with Crippen LogP contribution in [0.2, 0.25) is 10.0 Å². The van der Waals surface area contributed by atoms with Gasteiger partial charge in [-0.2, -0.15) is 16.0 Å². The number of aromatic nitrogens is 4. The third-order valence-electron chi connectivity index (χ3n) is 5.10. The summed E-state index contributed by atoms with van der Waals surface area (Å²) in [4.78, 5) is 30.4. The number of anilines is 1. The van der Waals surface area contributed by atoms with E-state index in [1.807, 2.05) is 36.6 Å². The number of pyridine rings is 1. The highest BCUT2D eigenvalue weighted by Crippen LogP contribution is 2.39. The van der Waals surface area contributed by atoms with E-state index < -0.39 is 11.2 Å². The number of ether oxygens (including phenoxy) is 1. The number of nitrogens with one attached hydrogen (secondary N) is 1. The van der Waals surface area contributed by atoms with Gasteiger partial charge in [-0.25, -0.2) is 9.78 Å². The van der Waals surface area contributed by atoms with Crippen LogP contribution in [0, 0.1) is 6.92 Å². The third-order valence-corrected chi connectivity index (χ3v) is 6.35. The first-order valence-corrected chi connectivity index (χ1v) is 11.6. The molecular weight excluding hydrogens is 497 g/mol. The molecule has 0 aliphatic heterocycles. The molecule has 34 heavy (non-hydrogen) atoms. The van der Waals surface area contributed by atoms with Crippen molar-refractivity contribution in [2.75, 3.05) is 5.73 Å². The molecule has 5 rings (SSSR count). The van der Waals surface area contributed by atoms with Crippen LogP contribution in [-0.4, -0.2) is 19.7 Å². The Bertz CT molecular complexity index is 1660. The van der Waals surface area contributed by atoms with Crippen molar-refractivity contribution >= 4 is 51.3 Å². The van der Waals surface area contributed by atoms with Crippen LogP contribution in [0.1, 0.15) is 5.56 Å². The number of hydrogen-bond acceptors (Lipinski definition) is 7. The van der Waals surface area contributed by atoms with Gasteiger partial charge in [-0.1, -0.05) is 23.2 Å². The number of nitrogens with zero attached hydrogens (tertiary/aromatic N) is 3. The van der Waals surface area contributed by atoms with Gasteiger partial charge in [-0.3, -0.25) is 9.78 Å². The molecule has 170 valence electrons. The van der Waals surface area contributed by atoms with E-state index in [0.717, 1.165) is 32.4 Å². The predicted octanol–water partition coefficient (Wildman–Crippen LogP) is 5.19. The molecule has 0 spiro atoms. The molecule has 0 saturated heterocycles. The minimum Gasteiger partial charge on any atom is -0.454 e. The van der Waals surface area contributed by atoms with Crippen molar-refractivity contribution in [3.8, 4) is 28.4 Å². The second-order valence-electron chi connectivity index (χ2n) is 7.41. The number of fused-ring (bicyclic) bond motifs is 1. The van der Waals surface area contributed by atoms with Gasteiger partial charge in [0.1, 0.15) is 5.75 Å². The van der Waals surface area contributed by atoms with Crippen LogP contribution in [0.25, 0.3) is 27.8 Å². The molecule has 0 radical (unpaired) electrons. The molecule has 3 N–H and O–H groups in total. The van der Waals surface area contributed by atoms with Gasteiger partial charge in [0.25, 0.3) is 5.56 Å². The minimum atomic E-state index is -0.778. The Morgan fingerprint density at radius 1 is 1.09 bits per heavy atom. The molecule has 0 amide bonds. The first kappa shape index (κ1) is 22.1. The quantitative estimate of drug-likeness (QED) is 0.343. The Labute approximate surface area is 206 Å². The zero-order valence-corrected chi connectivity index (χ0v) is 19.8. The smallest absolute Gasteiger partial charge is 0.349 e. The molecule has 2 aromatic carbocycles. The summed E-state index contributed by atoms with van der Waals surface area (Å²) in [5.74, 6) is 0.354. The van der Waals surface area contributed by atoms with Crippen molar-refractivity contribution in [3.63, 3.8) is 0 Å². The molecule has 0 saturated carbocycles. The summed E-state index contributed by atoms with van der Waals surface area (Å²) in [7, 11) is 0. The van der Waals surface area contributed by atoms with Gasteiger partial charge in [0.15, 0.2) is 5.75 Å². The first-order chi connectivity index (χ1) is 16.3. The number of benzene rings is 2. The molecule has 8 nitrogen and oxygen atoms in total. The highest BCUT2D eigenvalue weighted by molar-refractivity contribution is 7.08. The lowest BCUT2D eigenvalue weighted by atomic mass is 10.1. The second kappa shape index (κ2) is 8.60. The number of H-pyrrole nitrogens is 1. The minimum absolute atomic E-state index is 0.142. The Kier molecular flexibility index (Phi) is 5.60. The standard InChI is InChI=1S/C23H15Cl2N5O3S/c1-11-6-19(12-4-5-34-10-12)27-18-3-2-14(9-15(11)18)33-20-16(24)7-13(8-17(20)25)30-23(32)28-22(31)21(26)29-30/h2-10H,1H3,(H2,26,29)(H,28,31,32). The van der Waals surface area contributed by atoms with Gasteiger partial charge >= 0.3 is 5.69 Å². The van der Waals surface area contributed by atoms with Gasteiger partial charge in [-0.05, 0) is 60.3 Å². The monoisotopic (exact) mass is 511 g/mol. The van der Waals surface area contributed by atoms with Crippen LogP contribution in [0.15, 0.2) is 62.8 Å². The number of halogens is 2. The Hall–Kier alpha value is -3.66. The van der Waals surface area contributed by atoms with Crippen LogP contribution >= 0.6 is 34.5 Å². The molecule has 11 heteroatoms. The molecule has 0 bridgehead atoms. The number of aromatic amines is 1. The average molecular weight is 512 g/mol. The van der Waals surface area contributed by atoms with E-state index in [9.17, 15) is 9.59 Å². The van der Waals surface area contributed by atoms with E-state index in [4.69, 9.17) is 38.7 Å². The number of nitrogen functional groups attached to an aromatic ring is 1. The van der Waals surface area contributed by atoms with E-state index in [0.29, 0.717) is 5.75 Å². The Balaban J connectivity index is 1.51. The fraction of sp³-hybridized carbons (Fsp3) is 0.0435. The van der Waals surface area contributed by atoms with Gasteiger partial charge in [0, 0.05) is 16.3 Å². The molecular formula is C23H15Cl2N5O3S. The Morgan fingerprint density at radius 2 is 1.85 bits per heavy atom. The number of hydrogen-bond donors (Lipinski definition) is 2.